The van der Waals surface area contributed by atoms with Gasteiger partial charge in [0.25, 0.3) is 0 Å². The van der Waals surface area contributed by atoms with Crippen molar-refractivity contribution in [1.29, 1.82) is 0 Å². The summed E-state index contributed by atoms with van der Waals surface area (Å²) in [7, 11) is 0. The average molecular weight is 823 g/mol. The summed E-state index contributed by atoms with van der Waals surface area (Å²) in [6, 6.07) is 37.0. The molecule has 0 radical (unpaired) electrons. The Bertz CT molecular complexity index is 3110. The minimum atomic E-state index is -0.332. The Balaban J connectivity index is 0.966. The number of fused-ring (bicyclic) bond motifs is 6. The predicted octanol–water partition coefficient (Wildman–Crippen LogP) is 14.0. The lowest BCUT2D eigenvalue weighted by Crippen LogP contribution is -2.42. The summed E-state index contributed by atoms with van der Waals surface area (Å²) in [4.78, 5) is 0. The van der Waals surface area contributed by atoms with Gasteiger partial charge >= 0.3 is 0 Å². The summed E-state index contributed by atoms with van der Waals surface area (Å²) in [5.41, 5.74) is 21.1. The van der Waals surface area contributed by atoms with E-state index in [1.807, 2.05) is 0 Å². The van der Waals surface area contributed by atoms with Crippen LogP contribution in [0, 0.1) is 30.6 Å². The van der Waals surface area contributed by atoms with Crippen LogP contribution in [0.1, 0.15) is 60.8 Å². The molecule has 0 heterocycles. The van der Waals surface area contributed by atoms with E-state index in [1.165, 1.54) is 100 Å². The lowest BCUT2D eigenvalue weighted by Gasteiger charge is -2.40. The maximum absolute atomic E-state index is 2.52. The second kappa shape index (κ2) is 16.1. The van der Waals surface area contributed by atoms with Crippen LogP contribution < -0.4 is 10.4 Å². The molecule has 0 aliphatic heterocycles. The Hall–Kier alpha value is -6.76. The first-order valence-corrected chi connectivity index (χ1v) is 23.7. The van der Waals surface area contributed by atoms with E-state index in [9.17, 15) is 0 Å². The van der Waals surface area contributed by atoms with Crippen LogP contribution in [0.5, 0.6) is 0 Å². The zero-order valence-corrected chi connectivity index (χ0v) is 36.8. The van der Waals surface area contributed by atoms with Gasteiger partial charge in [-0.25, -0.2) is 0 Å². The fourth-order valence-corrected chi connectivity index (χ4v) is 12.5. The van der Waals surface area contributed by atoms with Gasteiger partial charge < -0.3 is 0 Å². The molecule has 4 atom stereocenters. The Morgan fingerprint density at radius 3 is 1.77 bits per heavy atom. The summed E-state index contributed by atoms with van der Waals surface area (Å²) in [6.45, 7) is 2.20. The molecular weight excluding hydrogens is 769 g/mol. The van der Waals surface area contributed by atoms with Crippen LogP contribution >= 0.6 is 0 Å². The van der Waals surface area contributed by atoms with Crippen LogP contribution in [0.3, 0.4) is 0 Å². The summed E-state index contributed by atoms with van der Waals surface area (Å²) in [5, 5.41) is 2.79. The van der Waals surface area contributed by atoms with Crippen LogP contribution in [0.2, 0.25) is 0 Å². The second-order valence-electron chi connectivity index (χ2n) is 18.8. The molecule has 64 heavy (non-hydrogen) atoms. The Labute approximate surface area is 379 Å². The predicted molar refractivity (Wildman–Crippen MR) is 269 cm³/mol. The van der Waals surface area contributed by atoms with Gasteiger partial charge in [0.05, 0.1) is 5.41 Å². The van der Waals surface area contributed by atoms with Crippen molar-refractivity contribution in [2.45, 2.75) is 50.9 Å². The van der Waals surface area contributed by atoms with E-state index < -0.39 is 0 Å². The number of hydrogen-bond acceptors (Lipinski definition) is 0. The van der Waals surface area contributed by atoms with Crippen molar-refractivity contribution in [2.75, 3.05) is 0 Å². The lowest BCUT2D eigenvalue weighted by molar-refractivity contribution is 0.594. The van der Waals surface area contributed by atoms with Gasteiger partial charge in [0.15, 0.2) is 0 Å². The molecule has 0 saturated carbocycles. The highest BCUT2D eigenvalue weighted by Gasteiger charge is 2.47. The van der Waals surface area contributed by atoms with Crippen LogP contribution in [-0.4, -0.2) is 0 Å². The zero-order chi connectivity index (χ0) is 42.6. The largest absolute Gasteiger partial charge is 0.0842 e. The van der Waals surface area contributed by atoms with Crippen molar-refractivity contribution in [3.05, 3.63) is 284 Å². The SMILES string of the molecule is Cc1ccc(C2(C3=CC=C(C4=c5ccccc5=C(C5=CC=C(C=CC6=CC=C(C7=CC=CCC7)CC6)C6C=CC=CC56)C5C=CC=CC45)CC3)c3ccccc3-c3ccccc32)cc1. The first kappa shape index (κ1) is 38.9. The van der Waals surface area contributed by atoms with Gasteiger partial charge in [0.2, 0.25) is 0 Å². The molecule has 0 fully saturated rings. The lowest BCUT2D eigenvalue weighted by atomic mass is 9.63. The fraction of sp³-hybridized carbons (Fsp3) is 0.188. The van der Waals surface area contributed by atoms with Gasteiger partial charge in [-0.05, 0) is 128 Å². The minimum Gasteiger partial charge on any atom is -0.0842 e. The van der Waals surface area contributed by atoms with Crippen molar-refractivity contribution < 1.29 is 0 Å². The third-order valence-corrected chi connectivity index (χ3v) is 15.5. The highest BCUT2D eigenvalue weighted by atomic mass is 14.5. The quantitative estimate of drug-likeness (QED) is 0.174. The molecule has 310 valence electrons. The molecule has 8 aliphatic carbocycles. The monoisotopic (exact) mass is 822 g/mol. The highest BCUT2D eigenvalue weighted by molar-refractivity contribution is 5.87. The third-order valence-electron chi connectivity index (χ3n) is 15.5. The van der Waals surface area contributed by atoms with Crippen LogP contribution in [-0.2, 0) is 5.41 Å². The summed E-state index contributed by atoms with van der Waals surface area (Å²) in [5.74, 6) is 1.11. The van der Waals surface area contributed by atoms with Crippen molar-refractivity contribution in [1.82, 2.24) is 0 Å². The maximum Gasteiger partial charge on any atom is 0.0676 e. The summed E-state index contributed by atoms with van der Waals surface area (Å²) in [6.07, 6.45) is 51.8. The van der Waals surface area contributed by atoms with E-state index in [4.69, 9.17) is 0 Å². The van der Waals surface area contributed by atoms with E-state index in [0.717, 1.165) is 32.1 Å². The first-order valence-electron chi connectivity index (χ1n) is 23.7. The van der Waals surface area contributed by atoms with E-state index in [1.54, 1.807) is 0 Å². The fourth-order valence-electron chi connectivity index (χ4n) is 12.5. The minimum absolute atomic E-state index is 0.258. The van der Waals surface area contributed by atoms with Crippen LogP contribution in [0.15, 0.2) is 252 Å². The van der Waals surface area contributed by atoms with E-state index in [-0.39, 0.29) is 23.2 Å². The molecule has 4 unspecified atom stereocenters. The maximum atomic E-state index is 2.52. The Morgan fingerprint density at radius 1 is 0.469 bits per heavy atom. The number of benzene rings is 4. The third kappa shape index (κ3) is 6.33. The zero-order valence-electron chi connectivity index (χ0n) is 36.8. The van der Waals surface area contributed by atoms with Crippen molar-refractivity contribution >= 4 is 11.1 Å². The van der Waals surface area contributed by atoms with Crippen molar-refractivity contribution in [3.63, 3.8) is 0 Å². The van der Waals surface area contributed by atoms with Crippen LogP contribution in [0.4, 0.5) is 0 Å². The molecule has 12 rings (SSSR count). The van der Waals surface area contributed by atoms with E-state index in [0.29, 0.717) is 5.92 Å². The second-order valence-corrected chi connectivity index (χ2v) is 18.8. The van der Waals surface area contributed by atoms with Gasteiger partial charge in [-0.1, -0.05) is 224 Å². The molecule has 0 heteroatoms. The summed E-state index contributed by atoms with van der Waals surface area (Å²) >= 11 is 0. The molecular formula is C64H54. The number of allylic oxidation sites excluding steroid dienone is 26. The molecule has 0 nitrogen and oxygen atoms in total. The molecule has 0 amide bonds. The topological polar surface area (TPSA) is 0 Å². The Kier molecular flexibility index (Phi) is 9.78. The van der Waals surface area contributed by atoms with Gasteiger partial charge in [0, 0.05) is 23.7 Å². The van der Waals surface area contributed by atoms with Gasteiger partial charge in [-0.15, -0.1) is 0 Å². The van der Waals surface area contributed by atoms with Crippen LogP contribution in [0.25, 0.3) is 22.3 Å². The average Bonchev–Trinajstić information content (AvgIpc) is 3.67. The van der Waals surface area contributed by atoms with E-state index in [2.05, 4.69) is 219 Å². The van der Waals surface area contributed by atoms with Crippen molar-refractivity contribution in [3.8, 4) is 11.1 Å². The molecule has 0 N–H and O–H groups in total. The normalized spacial score (nSPS) is 24.6. The van der Waals surface area contributed by atoms with Gasteiger partial charge in [0.1, 0.15) is 0 Å². The molecule has 0 saturated heterocycles. The highest BCUT2D eigenvalue weighted by Crippen LogP contribution is 2.58. The number of hydrogen-bond donors (Lipinski definition) is 0. The smallest absolute Gasteiger partial charge is 0.0676 e. The Morgan fingerprint density at radius 2 is 1.09 bits per heavy atom. The number of aryl methyl sites for hydroxylation is 1. The van der Waals surface area contributed by atoms with Crippen molar-refractivity contribution in [2.24, 2.45) is 23.7 Å². The molecule has 4 aromatic rings. The van der Waals surface area contributed by atoms with Gasteiger partial charge in [-0.2, -0.15) is 0 Å². The standard InChI is InChI=1S/C64H54/c1-43-27-38-49(39-28-43)64(60-25-13-11-19-53(60)54-20-12-14-26-61(54)64)50-40-35-48(36-41-50)62-55-21-7-9-23-57(55)63(58-24-10-8-22-56(58)62)59-42-37-47(51-17-5-6-18-52(51)59)34-31-44-29-32-46(33-30-44)45-15-3-2-4-16-45/h2-3,5-15,17-29,31-32,34-35,37-40,42,51-52,55,57H,4,16,30,33,36,41H2,1H3. The summed E-state index contributed by atoms with van der Waals surface area (Å²) < 4.78 is 0. The molecule has 0 aromatic heterocycles. The van der Waals surface area contributed by atoms with Gasteiger partial charge in [-0.3, -0.25) is 0 Å². The molecule has 0 bridgehead atoms. The van der Waals surface area contributed by atoms with E-state index >= 15 is 0 Å². The number of rotatable bonds is 7. The molecule has 8 aliphatic rings. The first-order chi connectivity index (χ1) is 31.7. The molecule has 4 aromatic carbocycles. The molecule has 0 spiro atoms.